The van der Waals surface area contributed by atoms with Crippen molar-refractivity contribution in [3.8, 4) is 11.1 Å². The summed E-state index contributed by atoms with van der Waals surface area (Å²) in [5.74, 6) is -0.235. The van der Waals surface area contributed by atoms with Crippen LogP contribution in [0.1, 0.15) is 32.4 Å². The van der Waals surface area contributed by atoms with Crippen LogP contribution < -0.4 is 0 Å². The maximum atomic E-state index is 15.0. The quantitative estimate of drug-likeness (QED) is 0.520. The van der Waals surface area contributed by atoms with Gasteiger partial charge in [-0.25, -0.2) is 9.37 Å². The number of imidazole rings is 1. The summed E-state index contributed by atoms with van der Waals surface area (Å²) in [6, 6.07) is 9.03. The number of hydrogen-bond donors (Lipinski definition) is 0. The van der Waals surface area contributed by atoms with Crippen LogP contribution in [0.3, 0.4) is 0 Å². The van der Waals surface area contributed by atoms with E-state index >= 15 is 0 Å². The third-order valence-corrected chi connectivity index (χ3v) is 5.24. The molecule has 3 nitrogen and oxygen atoms in total. The zero-order chi connectivity index (χ0) is 19.1. The number of hydrogen-bond acceptors (Lipinski definition) is 2. The molecule has 3 rings (SSSR count). The fourth-order valence-electron chi connectivity index (χ4n) is 3.15. The highest BCUT2D eigenvalue weighted by atomic mass is 35.5. The standard InChI is InChI=1S/C20H24ClFN2OSi/c1-20(2,3)19(25-26(4)5)18-14(7-6-8-15(18)22)13-9-10-17-23-16(21)12-24(17)11-13/h6-12,19,26H,1-5H3. The van der Waals surface area contributed by atoms with Crippen molar-refractivity contribution in [1.29, 1.82) is 0 Å². The lowest BCUT2D eigenvalue weighted by atomic mass is 9.81. The summed E-state index contributed by atoms with van der Waals surface area (Å²) in [4.78, 5) is 4.24. The molecule has 0 amide bonds. The van der Waals surface area contributed by atoms with E-state index in [4.69, 9.17) is 16.0 Å². The first-order chi connectivity index (χ1) is 12.2. The Morgan fingerprint density at radius 1 is 1.15 bits per heavy atom. The lowest BCUT2D eigenvalue weighted by Crippen LogP contribution is -2.27. The fraction of sp³-hybridized carbons (Fsp3) is 0.350. The normalized spacial score (nSPS) is 13.5. The molecule has 2 heterocycles. The number of rotatable bonds is 4. The molecule has 1 unspecified atom stereocenters. The third-order valence-electron chi connectivity index (χ3n) is 4.24. The number of benzene rings is 1. The first kappa shape index (κ1) is 19.1. The predicted molar refractivity (Wildman–Crippen MR) is 108 cm³/mol. The molecule has 3 aromatic rings. The molecule has 0 N–H and O–H groups in total. The summed E-state index contributed by atoms with van der Waals surface area (Å²) in [5, 5.41) is 0.434. The average molecular weight is 391 g/mol. The molecule has 0 fully saturated rings. The van der Waals surface area contributed by atoms with Gasteiger partial charge in [-0.05, 0) is 47.8 Å². The van der Waals surface area contributed by atoms with Gasteiger partial charge in [0.1, 0.15) is 16.6 Å². The van der Waals surface area contributed by atoms with Gasteiger partial charge in [0.2, 0.25) is 0 Å². The third kappa shape index (κ3) is 3.85. The molecule has 0 radical (unpaired) electrons. The predicted octanol–water partition coefficient (Wildman–Crippen LogP) is 5.88. The first-order valence-electron chi connectivity index (χ1n) is 8.75. The second-order valence-electron chi connectivity index (χ2n) is 7.88. The average Bonchev–Trinajstić information content (AvgIpc) is 2.90. The SMILES string of the molecule is C[SiH](C)OC(c1c(F)cccc1-c1ccc2nc(Cl)cn2c1)C(C)(C)C. The minimum Gasteiger partial charge on any atom is -0.413 e. The smallest absolute Gasteiger partial charge is 0.171 e. The molecule has 1 aromatic carbocycles. The number of aromatic nitrogens is 2. The van der Waals surface area contributed by atoms with Crippen LogP contribution in [0, 0.1) is 11.2 Å². The maximum Gasteiger partial charge on any atom is 0.171 e. The van der Waals surface area contributed by atoms with E-state index in [2.05, 4.69) is 38.8 Å². The Morgan fingerprint density at radius 2 is 1.88 bits per heavy atom. The van der Waals surface area contributed by atoms with Crippen molar-refractivity contribution in [3.63, 3.8) is 0 Å². The molecule has 138 valence electrons. The molecule has 26 heavy (non-hydrogen) atoms. The second kappa shape index (κ2) is 7.14. The minimum absolute atomic E-state index is 0.226. The monoisotopic (exact) mass is 390 g/mol. The molecule has 0 bridgehead atoms. The summed E-state index contributed by atoms with van der Waals surface area (Å²) >= 11 is 6.00. The summed E-state index contributed by atoms with van der Waals surface area (Å²) in [7, 11) is -1.37. The van der Waals surface area contributed by atoms with Crippen molar-refractivity contribution in [2.24, 2.45) is 5.41 Å². The Labute approximate surface area is 160 Å². The summed E-state index contributed by atoms with van der Waals surface area (Å²) in [6.45, 7) is 10.5. The number of pyridine rings is 1. The van der Waals surface area contributed by atoms with Crippen LogP contribution in [0.4, 0.5) is 4.39 Å². The Bertz CT molecular complexity index is 933. The van der Waals surface area contributed by atoms with Gasteiger partial charge in [0.05, 0.1) is 6.10 Å². The molecule has 2 aromatic heterocycles. The number of halogens is 2. The van der Waals surface area contributed by atoms with Crippen LogP contribution in [0.5, 0.6) is 0 Å². The Balaban J connectivity index is 2.19. The van der Waals surface area contributed by atoms with E-state index in [1.807, 2.05) is 28.8 Å². The Morgan fingerprint density at radius 3 is 2.54 bits per heavy atom. The molecule has 6 heteroatoms. The highest BCUT2D eigenvalue weighted by Gasteiger charge is 2.32. The second-order valence-corrected chi connectivity index (χ2v) is 10.6. The van der Waals surface area contributed by atoms with Crippen molar-refractivity contribution in [1.82, 2.24) is 9.38 Å². The Hall–Kier alpha value is -1.69. The van der Waals surface area contributed by atoms with Gasteiger partial charge in [0.25, 0.3) is 0 Å². The van der Waals surface area contributed by atoms with Gasteiger partial charge in [0, 0.05) is 18.0 Å². The molecular weight excluding hydrogens is 367 g/mol. The summed E-state index contributed by atoms with van der Waals surface area (Å²) in [5.41, 5.74) is 2.90. The van der Waals surface area contributed by atoms with Crippen LogP contribution in [-0.2, 0) is 4.43 Å². The molecule has 0 saturated carbocycles. The van der Waals surface area contributed by atoms with Gasteiger partial charge < -0.3 is 8.83 Å². The van der Waals surface area contributed by atoms with E-state index in [-0.39, 0.29) is 17.3 Å². The van der Waals surface area contributed by atoms with E-state index in [1.165, 1.54) is 6.07 Å². The van der Waals surface area contributed by atoms with E-state index in [9.17, 15) is 4.39 Å². The van der Waals surface area contributed by atoms with Crippen LogP contribution >= 0.6 is 11.6 Å². The van der Waals surface area contributed by atoms with Gasteiger partial charge >= 0.3 is 0 Å². The zero-order valence-corrected chi connectivity index (χ0v) is 17.7. The largest absolute Gasteiger partial charge is 0.413 e. The zero-order valence-electron chi connectivity index (χ0n) is 15.8. The Kier molecular flexibility index (Phi) is 5.24. The van der Waals surface area contributed by atoms with Crippen molar-refractivity contribution < 1.29 is 8.82 Å². The highest BCUT2D eigenvalue weighted by Crippen LogP contribution is 2.42. The molecule has 0 aliphatic heterocycles. The molecule has 1 atom stereocenters. The summed E-state index contributed by atoms with van der Waals surface area (Å²) < 4.78 is 23.1. The van der Waals surface area contributed by atoms with Gasteiger partial charge in [-0.3, -0.25) is 0 Å². The topological polar surface area (TPSA) is 26.5 Å². The summed E-state index contributed by atoms with van der Waals surface area (Å²) in [6.07, 6.45) is 3.37. The molecule has 0 aliphatic rings. The van der Waals surface area contributed by atoms with Gasteiger partial charge in [-0.1, -0.05) is 44.5 Å². The van der Waals surface area contributed by atoms with Crippen molar-refractivity contribution >= 4 is 26.3 Å². The molecule has 0 spiro atoms. The van der Waals surface area contributed by atoms with Gasteiger partial charge in [-0.15, -0.1) is 0 Å². The lowest BCUT2D eigenvalue weighted by Gasteiger charge is -2.34. The number of nitrogens with zero attached hydrogens (tertiary/aromatic N) is 2. The fourth-order valence-corrected chi connectivity index (χ4v) is 4.43. The molecule has 0 saturated heterocycles. The first-order valence-corrected chi connectivity index (χ1v) is 11.9. The van der Waals surface area contributed by atoms with Crippen molar-refractivity contribution in [2.45, 2.75) is 40.0 Å². The minimum atomic E-state index is -1.37. The maximum absolute atomic E-state index is 15.0. The van der Waals surface area contributed by atoms with Crippen molar-refractivity contribution in [3.05, 3.63) is 59.3 Å². The lowest BCUT2D eigenvalue weighted by molar-refractivity contribution is 0.0837. The highest BCUT2D eigenvalue weighted by molar-refractivity contribution is 6.48. The van der Waals surface area contributed by atoms with Gasteiger partial charge in [0.15, 0.2) is 9.04 Å². The van der Waals surface area contributed by atoms with E-state index in [0.29, 0.717) is 10.7 Å². The van der Waals surface area contributed by atoms with Crippen LogP contribution in [0.15, 0.2) is 42.7 Å². The van der Waals surface area contributed by atoms with E-state index in [0.717, 1.165) is 16.8 Å². The van der Waals surface area contributed by atoms with Crippen LogP contribution in [0.2, 0.25) is 18.2 Å². The van der Waals surface area contributed by atoms with E-state index < -0.39 is 9.04 Å². The van der Waals surface area contributed by atoms with Crippen LogP contribution in [-0.4, -0.2) is 18.4 Å². The molecule has 0 aliphatic carbocycles. The van der Waals surface area contributed by atoms with Crippen molar-refractivity contribution in [2.75, 3.05) is 0 Å². The van der Waals surface area contributed by atoms with Crippen LogP contribution in [0.25, 0.3) is 16.8 Å². The molecular formula is C20H24ClFN2OSi. The number of fused-ring (bicyclic) bond motifs is 1. The van der Waals surface area contributed by atoms with E-state index in [1.54, 1.807) is 12.3 Å². The van der Waals surface area contributed by atoms with Gasteiger partial charge in [-0.2, -0.15) is 0 Å².